The predicted molar refractivity (Wildman–Crippen MR) is 102 cm³/mol. The molecule has 1 amide bonds. The van der Waals surface area contributed by atoms with E-state index in [1.54, 1.807) is 13.3 Å². The summed E-state index contributed by atoms with van der Waals surface area (Å²) in [6, 6.07) is 11.2. The van der Waals surface area contributed by atoms with Crippen LogP contribution >= 0.6 is 12.2 Å². The Hall–Kier alpha value is -3.00. The topological polar surface area (TPSA) is 84.8 Å². The van der Waals surface area contributed by atoms with Gasteiger partial charge in [-0.25, -0.2) is 4.98 Å². The molecule has 0 bridgehead atoms. The van der Waals surface area contributed by atoms with Crippen LogP contribution in [0.1, 0.15) is 12.0 Å². The minimum Gasteiger partial charge on any atom is -0.497 e. The molecule has 0 radical (unpaired) electrons. The molecule has 134 valence electrons. The molecule has 0 unspecified atom stereocenters. The highest BCUT2D eigenvalue weighted by molar-refractivity contribution is 7.71. The van der Waals surface area contributed by atoms with Crippen molar-refractivity contribution < 1.29 is 9.53 Å². The normalized spacial score (nSPS) is 10.5. The van der Waals surface area contributed by atoms with Gasteiger partial charge in [0.15, 0.2) is 10.6 Å². The molecule has 0 aliphatic carbocycles. The van der Waals surface area contributed by atoms with E-state index in [0.29, 0.717) is 23.0 Å². The molecule has 3 aromatic rings. The van der Waals surface area contributed by atoms with Crippen LogP contribution in [0.15, 0.2) is 42.6 Å². The quantitative estimate of drug-likeness (QED) is 0.651. The number of rotatable bonds is 6. The fourth-order valence-corrected chi connectivity index (χ4v) is 2.73. The third kappa shape index (κ3) is 3.97. The van der Waals surface area contributed by atoms with Crippen LogP contribution in [0.3, 0.4) is 0 Å². The molecule has 26 heavy (non-hydrogen) atoms. The van der Waals surface area contributed by atoms with E-state index in [1.165, 1.54) is 0 Å². The first-order valence-corrected chi connectivity index (χ1v) is 8.50. The monoisotopic (exact) mass is 369 g/mol. The number of nitrogens with zero attached hydrogens (tertiary/aromatic N) is 3. The van der Waals surface area contributed by atoms with Gasteiger partial charge in [0.25, 0.3) is 0 Å². The van der Waals surface area contributed by atoms with Crippen LogP contribution in [0.25, 0.3) is 11.4 Å². The maximum absolute atomic E-state index is 12.3. The largest absolute Gasteiger partial charge is 0.497 e. The third-order valence-electron chi connectivity index (χ3n) is 3.94. The molecule has 0 aliphatic rings. The van der Waals surface area contributed by atoms with Crippen molar-refractivity contribution in [2.75, 3.05) is 12.4 Å². The predicted octanol–water partition coefficient (Wildman–Crippen LogP) is 3.35. The first-order valence-electron chi connectivity index (χ1n) is 8.09. The molecule has 0 saturated heterocycles. The highest BCUT2D eigenvalue weighted by atomic mass is 32.1. The second kappa shape index (κ2) is 7.92. The number of ether oxygens (including phenoxy) is 1. The summed E-state index contributed by atoms with van der Waals surface area (Å²) in [4.78, 5) is 16.4. The van der Waals surface area contributed by atoms with Gasteiger partial charge in [0, 0.05) is 24.7 Å². The number of carbonyl (C=O) groups is 1. The lowest BCUT2D eigenvalue weighted by molar-refractivity contribution is -0.116. The maximum atomic E-state index is 12.3. The van der Waals surface area contributed by atoms with Gasteiger partial charge in [-0.05, 0) is 55.0 Å². The second-order valence-corrected chi connectivity index (χ2v) is 6.09. The summed E-state index contributed by atoms with van der Waals surface area (Å²) in [6.07, 6.45) is 1.91. The summed E-state index contributed by atoms with van der Waals surface area (Å²) < 4.78 is 7.45. The van der Waals surface area contributed by atoms with E-state index in [1.807, 2.05) is 47.9 Å². The number of amides is 1. The van der Waals surface area contributed by atoms with E-state index >= 15 is 0 Å². The van der Waals surface area contributed by atoms with Gasteiger partial charge in [-0.2, -0.15) is 5.10 Å². The number of hydrogen-bond donors (Lipinski definition) is 2. The Balaban J connectivity index is 1.72. The Morgan fingerprint density at radius 2 is 2.08 bits per heavy atom. The number of H-pyrrole nitrogens is 1. The number of carbonyl (C=O) groups excluding carboxylic acids is 1. The average molecular weight is 369 g/mol. The number of anilines is 1. The van der Waals surface area contributed by atoms with E-state index in [0.717, 1.165) is 16.9 Å². The van der Waals surface area contributed by atoms with Gasteiger partial charge in [-0.3, -0.25) is 14.5 Å². The molecular formula is C18H19N5O2S. The molecular weight excluding hydrogens is 350 g/mol. The minimum atomic E-state index is -0.129. The molecule has 2 aromatic heterocycles. The first-order chi connectivity index (χ1) is 12.6. The molecule has 1 aromatic carbocycles. The zero-order valence-corrected chi connectivity index (χ0v) is 15.3. The van der Waals surface area contributed by atoms with Gasteiger partial charge in [-0.1, -0.05) is 6.07 Å². The first kappa shape index (κ1) is 17.8. The lowest BCUT2D eigenvalue weighted by Gasteiger charge is -2.09. The lowest BCUT2D eigenvalue weighted by atomic mass is 10.2. The smallest absolute Gasteiger partial charge is 0.227 e. The van der Waals surface area contributed by atoms with Crippen molar-refractivity contribution in [1.29, 1.82) is 0 Å². The molecule has 0 aliphatic heterocycles. The van der Waals surface area contributed by atoms with Crippen molar-refractivity contribution >= 4 is 23.9 Å². The fourth-order valence-electron chi connectivity index (χ4n) is 2.51. The minimum absolute atomic E-state index is 0.129. The van der Waals surface area contributed by atoms with Crippen LogP contribution in [0.4, 0.5) is 5.82 Å². The van der Waals surface area contributed by atoms with Gasteiger partial charge in [0.1, 0.15) is 11.6 Å². The lowest BCUT2D eigenvalue weighted by Crippen LogP contribution is -2.16. The molecule has 0 fully saturated rings. The van der Waals surface area contributed by atoms with E-state index in [4.69, 9.17) is 17.0 Å². The highest BCUT2D eigenvalue weighted by Gasteiger charge is 2.12. The van der Waals surface area contributed by atoms with E-state index in [9.17, 15) is 4.79 Å². The number of methoxy groups -OCH3 is 1. The average Bonchev–Trinajstić information content (AvgIpc) is 3.02. The van der Waals surface area contributed by atoms with Crippen LogP contribution in [0.5, 0.6) is 5.75 Å². The van der Waals surface area contributed by atoms with Crippen molar-refractivity contribution in [3.05, 3.63) is 52.9 Å². The Labute approximate surface area is 156 Å². The van der Waals surface area contributed by atoms with Crippen molar-refractivity contribution in [2.45, 2.75) is 19.9 Å². The molecule has 7 nitrogen and oxygen atoms in total. The zero-order valence-electron chi connectivity index (χ0n) is 14.5. The van der Waals surface area contributed by atoms with E-state index in [-0.39, 0.29) is 12.3 Å². The summed E-state index contributed by atoms with van der Waals surface area (Å²) in [7, 11) is 1.62. The van der Waals surface area contributed by atoms with Crippen LogP contribution in [0.2, 0.25) is 0 Å². The number of benzene rings is 1. The Bertz CT molecular complexity index is 962. The third-order valence-corrected chi connectivity index (χ3v) is 4.25. The van der Waals surface area contributed by atoms with Crippen LogP contribution in [-0.4, -0.2) is 32.8 Å². The van der Waals surface area contributed by atoms with Gasteiger partial charge in [-0.15, -0.1) is 0 Å². The van der Waals surface area contributed by atoms with E-state index < -0.39 is 0 Å². The van der Waals surface area contributed by atoms with E-state index in [2.05, 4.69) is 20.5 Å². The van der Waals surface area contributed by atoms with Crippen molar-refractivity contribution in [2.24, 2.45) is 0 Å². The molecule has 0 spiro atoms. The SMILES string of the molecule is COc1ccc(-c2n[nH]c(=S)n2CCC(=O)Nc2ncccc2C)cc1. The number of nitrogens with one attached hydrogen (secondary N) is 2. The molecule has 2 heterocycles. The van der Waals surface area contributed by atoms with Crippen LogP contribution in [0, 0.1) is 11.7 Å². The number of aromatic nitrogens is 4. The Morgan fingerprint density at radius 1 is 1.31 bits per heavy atom. The second-order valence-electron chi connectivity index (χ2n) is 5.70. The van der Waals surface area contributed by atoms with Crippen LogP contribution in [-0.2, 0) is 11.3 Å². The molecule has 0 saturated carbocycles. The molecule has 0 atom stereocenters. The summed E-state index contributed by atoms with van der Waals surface area (Å²) >= 11 is 5.30. The van der Waals surface area contributed by atoms with Gasteiger partial charge < -0.3 is 10.1 Å². The number of hydrogen-bond acceptors (Lipinski definition) is 5. The fraction of sp³-hybridized carbons (Fsp3) is 0.222. The van der Waals surface area contributed by atoms with Gasteiger partial charge >= 0.3 is 0 Å². The standard InChI is InChI=1S/C18H19N5O2S/c1-12-4-3-10-19-16(12)20-15(24)9-11-23-17(21-22-18(23)26)13-5-7-14(25-2)8-6-13/h3-8,10H,9,11H2,1-2H3,(H,22,26)(H,19,20,24). The van der Waals surface area contributed by atoms with Crippen molar-refractivity contribution in [1.82, 2.24) is 19.7 Å². The summed E-state index contributed by atoms with van der Waals surface area (Å²) in [5.41, 5.74) is 1.80. The Morgan fingerprint density at radius 3 is 2.77 bits per heavy atom. The van der Waals surface area contributed by atoms with Gasteiger partial charge in [0.05, 0.1) is 7.11 Å². The van der Waals surface area contributed by atoms with Crippen LogP contribution < -0.4 is 10.1 Å². The van der Waals surface area contributed by atoms with Gasteiger partial charge in [0.2, 0.25) is 5.91 Å². The number of pyridine rings is 1. The number of aryl methyl sites for hydroxylation is 1. The molecule has 3 rings (SSSR count). The Kier molecular flexibility index (Phi) is 5.43. The zero-order chi connectivity index (χ0) is 18.5. The highest BCUT2D eigenvalue weighted by Crippen LogP contribution is 2.21. The summed E-state index contributed by atoms with van der Waals surface area (Å²) in [5.74, 6) is 1.89. The van der Waals surface area contributed by atoms with Crippen molar-refractivity contribution in [3.63, 3.8) is 0 Å². The molecule has 2 N–H and O–H groups in total. The summed E-state index contributed by atoms with van der Waals surface area (Å²) in [6.45, 7) is 2.31. The maximum Gasteiger partial charge on any atom is 0.227 e. The number of aromatic amines is 1. The molecule has 8 heteroatoms. The summed E-state index contributed by atoms with van der Waals surface area (Å²) in [5, 5.41) is 9.89. The van der Waals surface area contributed by atoms with Crippen molar-refractivity contribution in [3.8, 4) is 17.1 Å².